The van der Waals surface area contributed by atoms with Gasteiger partial charge in [-0.25, -0.2) is 4.98 Å². The molecule has 0 aromatic carbocycles. The molecule has 0 bridgehead atoms. The SMILES string of the molecule is Cc1nc(C)c(C(=O)N2CCC[C@@H](c3ccnn3CC(=O)O)C2)o1. The molecule has 1 amide bonds. The highest BCUT2D eigenvalue weighted by Gasteiger charge is 2.30. The number of likely N-dealkylation sites (tertiary alicyclic amines) is 1. The standard InChI is InChI=1S/C16H20N4O4/c1-10-15(24-11(2)18-10)16(23)19-7-3-4-12(8-19)13-5-6-17-20(13)9-14(21)22/h5-6,12H,3-4,7-9H2,1-2H3,(H,21,22)/t12-/m1/s1. The molecule has 128 valence electrons. The van der Waals surface area contributed by atoms with E-state index in [2.05, 4.69) is 10.1 Å². The van der Waals surface area contributed by atoms with Crippen molar-refractivity contribution in [1.82, 2.24) is 19.7 Å². The van der Waals surface area contributed by atoms with E-state index in [-0.39, 0.29) is 24.1 Å². The lowest BCUT2D eigenvalue weighted by Crippen LogP contribution is -2.39. The third-order valence-electron chi connectivity index (χ3n) is 4.26. The zero-order valence-electron chi connectivity index (χ0n) is 13.7. The number of carboxylic acids is 1. The molecule has 0 aliphatic carbocycles. The first-order chi connectivity index (χ1) is 11.5. The third-order valence-corrected chi connectivity index (χ3v) is 4.26. The summed E-state index contributed by atoms with van der Waals surface area (Å²) in [4.78, 5) is 29.5. The van der Waals surface area contributed by atoms with Crippen molar-refractivity contribution in [1.29, 1.82) is 0 Å². The summed E-state index contributed by atoms with van der Waals surface area (Å²) in [7, 11) is 0. The van der Waals surface area contributed by atoms with Gasteiger partial charge in [-0.1, -0.05) is 0 Å². The number of oxazole rings is 1. The molecule has 0 saturated carbocycles. The van der Waals surface area contributed by atoms with Crippen molar-refractivity contribution in [3.63, 3.8) is 0 Å². The van der Waals surface area contributed by atoms with Crippen LogP contribution in [-0.2, 0) is 11.3 Å². The monoisotopic (exact) mass is 332 g/mol. The molecule has 24 heavy (non-hydrogen) atoms. The summed E-state index contributed by atoms with van der Waals surface area (Å²) in [5.41, 5.74) is 1.44. The average molecular weight is 332 g/mol. The van der Waals surface area contributed by atoms with E-state index in [4.69, 9.17) is 9.52 Å². The van der Waals surface area contributed by atoms with Crippen LogP contribution in [0.1, 0.15) is 46.6 Å². The van der Waals surface area contributed by atoms with E-state index in [0.29, 0.717) is 24.7 Å². The molecule has 1 N–H and O–H groups in total. The minimum Gasteiger partial charge on any atom is -0.480 e. The average Bonchev–Trinajstić information content (AvgIpc) is 3.12. The van der Waals surface area contributed by atoms with Crippen LogP contribution in [0.2, 0.25) is 0 Å². The Kier molecular flexibility index (Phi) is 4.37. The molecule has 1 fully saturated rings. The first-order valence-corrected chi connectivity index (χ1v) is 7.92. The molecule has 3 rings (SSSR count). The third kappa shape index (κ3) is 3.17. The number of aryl methyl sites for hydroxylation is 2. The largest absolute Gasteiger partial charge is 0.480 e. The van der Waals surface area contributed by atoms with Crippen LogP contribution >= 0.6 is 0 Å². The molecule has 2 aromatic rings. The van der Waals surface area contributed by atoms with Crippen LogP contribution in [0.15, 0.2) is 16.7 Å². The second kappa shape index (κ2) is 6.46. The molecular formula is C16H20N4O4. The van der Waals surface area contributed by atoms with Gasteiger partial charge in [0.05, 0.1) is 5.69 Å². The lowest BCUT2D eigenvalue weighted by Gasteiger charge is -2.32. The van der Waals surface area contributed by atoms with Gasteiger partial charge in [-0.05, 0) is 25.8 Å². The van der Waals surface area contributed by atoms with E-state index in [1.165, 1.54) is 4.68 Å². The number of hydrogen-bond donors (Lipinski definition) is 1. The van der Waals surface area contributed by atoms with Gasteiger partial charge in [-0.15, -0.1) is 0 Å². The normalized spacial score (nSPS) is 17.9. The summed E-state index contributed by atoms with van der Waals surface area (Å²) >= 11 is 0. The molecular weight excluding hydrogens is 312 g/mol. The maximum absolute atomic E-state index is 12.7. The fourth-order valence-electron chi connectivity index (χ4n) is 3.23. The molecule has 2 aromatic heterocycles. The zero-order chi connectivity index (χ0) is 17.3. The number of nitrogens with zero attached hydrogens (tertiary/aromatic N) is 4. The maximum atomic E-state index is 12.7. The van der Waals surface area contributed by atoms with E-state index < -0.39 is 5.97 Å². The number of piperidine rings is 1. The highest BCUT2D eigenvalue weighted by Crippen LogP contribution is 2.28. The maximum Gasteiger partial charge on any atom is 0.325 e. The summed E-state index contributed by atoms with van der Waals surface area (Å²) in [6, 6.07) is 1.82. The van der Waals surface area contributed by atoms with Crippen molar-refractivity contribution in [2.45, 2.75) is 39.2 Å². The number of amides is 1. The Balaban J connectivity index is 1.77. The predicted octanol–water partition coefficient (Wildman–Crippen LogP) is 1.59. The Morgan fingerprint density at radius 3 is 2.88 bits per heavy atom. The lowest BCUT2D eigenvalue weighted by molar-refractivity contribution is -0.137. The molecule has 0 spiro atoms. The van der Waals surface area contributed by atoms with Crippen molar-refractivity contribution in [3.8, 4) is 0 Å². The number of carbonyl (C=O) groups excluding carboxylic acids is 1. The van der Waals surface area contributed by atoms with Crippen LogP contribution in [0.4, 0.5) is 0 Å². The van der Waals surface area contributed by atoms with E-state index in [1.807, 2.05) is 6.07 Å². The number of aliphatic carboxylic acids is 1. The first-order valence-electron chi connectivity index (χ1n) is 7.92. The molecule has 0 unspecified atom stereocenters. The van der Waals surface area contributed by atoms with Gasteiger partial charge in [0.2, 0.25) is 5.76 Å². The van der Waals surface area contributed by atoms with Gasteiger partial charge in [-0.2, -0.15) is 5.10 Å². The Bertz CT molecular complexity index is 764. The molecule has 1 atom stereocenters. The quantitative estimate of drug-likeness (QED) is 0.912. The van der Waals surface area contributed by atoms with Crippen molar-refractivity contribution in [3.05, 3.63) is 35.3 Å². The molecule has 1 aliphatic heterocycles. The van der Waals surface area contributed by atoms with Gasteiger partial charge >= 0.3 is 5.97 Å². The van der Waals surface area contributed by atoms with Crippen LogP contribution in [0, 0.1) is 13.8 Å². The number of carboxylic acid groups (broad SMARTS) is 1. The van der Waals surface area contributed by atoms with Gasteiger partial charge in [-0.3, -0.25) is 14.3 Å². The van der Waals surface area contributed by atoms with Gasteiger partial charge in [0, 0.05) is 37.8 Å². The van der Waals surface area contributed by atoms with E-state index >= 15 is 0 Å². The van der Waals surface area contributed by atoms with Crippen molar-refractivity contribution < 1.29 is 19.1 Å². The summed E-state index contributed by atoms with van der Waals surface area (Å²) in [6.45, 7) is 4.47. The smallest absolute Gasteiger partial charge is 0.325 e. The Labute approximate surface area is 139 Å². The lowest BCUT2D eigenvalue weighted by atomic mass is 9.94. The van der Waals surface area contributed by atoms with Crippen molar-refractivity contribution in [2.75, 3.05) is 13.1 Å². The van der Waals surface area contributed by atoms with Crippen LogP contribution in [0.5, 0.6) is 0 Å². The molecule has 8 nitrogen and oxygen atoms in total. The van der Waals surface area contributed by atoms with Crippen molar-refractivity contribution in [2.24, 2.45) is 0 Å². The minimum atomic E-state index is -0.934. The van der Waals surface area contributed by atoms with Gasteiger partial charge in [0.25, 0.3) is 5.91 Å². The molecule has 8 heteroatoms. The Morgan fingerprint density at radius 1 is 1.42 bits per heavy atom. The molecule has 0 radical (unpaired) electrons. The topological polar surface area (TPSA) is 101 Å². The molecule has 3 heterocycles. The first kappa shape index (κ1) is 16.2. The minimum absolute atomic E-state index is 0.0638. The fraction of sp³-hybridized carbons (Fsp3) is 0.500. The number of hydrogen-bond acceptors (Lipinski definition) is 5. The van der Waals surface area contributed by atoms with E-state index in [1.54, 1.807) is 24.9 Å². The summed E-state index contributed by atoms with van der Waals surface area (Å²) in [6.07, 6.45) is 3.34. The number of rotatable bonds is 4. The van der Waals surface area contributed by atoms with Gasteiger partial charge < -0.3 is 14.4 Å². The zero-order valence-corrected chi connectivity index (χ0v) is 13.7. The van der Waals surface area contributed by atoms with Crippen LogP contribution in [-0.4, -0.2) is 49.7 Å². The highest BCUT2D eigenvalue weighted by molar-refractivity contribution is 5.92. The Hall–Kier alpha value is -2.64. The van der Waals surface area contributed by atoms with Gasteiger partial charge in [0.15, 0.2) is 5.89 Å². The number of carbonyl (C=O) groups is 2. The molecule has 1 saturated heterocycles. The second-order valence-corrected chi connectivity index (χ2v) is 6.05. The van der Waals surface area contributed by atoms with Crippen LogP contribution in [0.25, 0.3) is 0 Å². The summed E-state index contributed by atoms with van der Waals surface area (Å²) < 4.78 is 6.92. The second-order valence-electron chi connectivity index (χ2n) is 6.05. The van der Waals surface area contributed by atoms with Crippen molar-refractivity contribution >= 4 is 11.9 Å². The molecule has 1 aliphatic rings. The highest BCUT2D eigenvalue weighted by atomic mass is 16.4. The Morgan fingerprint density at radius 2 is 2.21 bits per heavy atom. The van der Waals surface area contributed by atoms with E-state index in [0.717, 1.165) is 18.5 Å². The fourth-order valence-corrected chi connectivity index (χ4v) is 3.23. The number of aromatic nitrogens is 3. The predicted molar refractivity (Wildman–Crippen MR) is 83.7 cm³/mol. The summed E-state index contributed by atoms with van der Waals surface area (Å²) in [5, 5.41) is 13.1. The summed E-state index contributed by atoms with van der Waals surface area (Å²) in [5.74, 6) is -0.274. The van der Waals surface area contributed by atoms with Crippen LogP contribution < -0.4 is 0 Å². The van der Waals surface area contributed by atoms with E-state index in [9.17, 15) is 9.59 Å². The van der Waals surface area contributed by atoms with Gasteiger partial charge in [0.1, 0.15) is 6.54 Å². The van der Waals surface area contributed by atoms with Crippen LogP contribution in [0.3, 0.4) is 0 Å².